The molecule has 0 aliphatic rings. The van der Waals surface area contributed by atoms with Crippen LogP contribution in [0.3, 0.4) is 0 Å². The Morgan fingerprint density at radius 3 is 2.19 bits per heavy atom. The molecule has 0 saturated carbocycles. The Morgan fingerprint density at radius 1 is 1.04 bits per heavy atom. The second kappa shape index (κ2) is 7.75. The van der Waals surface area contributed by atoms with E-state index >= 15 is 0 Å². The van der Waals surface area contributed by atoms with Gasteiger partial charge in [0.15, 0.2) is 0 Å². The molecule has 26 heavy (non-hydrogen) atoms. The van der Waals surface area contributed by atoms with Gasteiger partial charge >= 0.3 is 12.0 Å². The van der Waals surface area contributed by atoms with Gasteiger partial charge in [0.05, 0.1) is 16.1 Å². The van der Waals surface area contributed by atoms with Crippen LogP contribution in [0.2, 0.25) is 0 Å². The van der Waals surface area contributed by atoms with E-state index in [1.807, 2.05) is 0 Å². The SMILES string of the molecule is NC(=O)Nc1ccc(C(=O)OCc2ccc(C(N)=O)cc2[N+](=O)[O-])cc1. The summed E-state index contributed by atoms with van der Waals surface area (Å²) in [4.78, 5) is 44.3. The van der Waals surface area contributed by atoms with Crippen molar-refractivity contribution in [3.8, 4) is 0 Å². The average Bonchev–Trinajstić information content (AvgIpc) is 2.59. The predicted molar refractivity (Wildman–Crippen MR) is 90.4 cm³/mol. The summed E-state index contributed by atoms with van der Waals surface area (Å²) < 4.78 is 5.05. The van der Waals surface area contributed by atoms with Crippen LogP contribution >= 0.6 is 0 Å². The Hall–Kier alpha value is -3.95. The molecule has 0 aromatic heterocycles. The summed E-state index contributed by atoms with van der Waals surface area (Å²) in [5, 5.41) is 13.4. The molecule has 0 fully saturated rings. The summed E-state index contributed by atoms with van der Waals surface area (Å²) >= 11 is 0. The Labute approximate surface area is 146 Å². The molecule has 0 atom stereocenters. The van der Waals surface area contributed by atoms with E-state index < -0.39 is 22.8 Å². The normalized spacial score (nSPS) is 10.0. The van der Waals surface area contributed by atoms with Crippen LogP contribution in [0.4, 0.5) is 16.2 Å². The minimum absolute atomic E-state index is 0.0238. The number of esters is 1. The van der Waals surface area contributed by atoms with Crippen LogP contribution in [-0.4, -0.2) is 22.8 Å². The van der Waals surface area contributed by atoms with Crippen LogP contribution in [0.15, 0.2) is 42.5 Å². The molecule has 2 aromatic carbocycles. The van der Waals surface area contributed by atoms with Crippen LogP contribution in [0.5, 0.6) is 0 Å². The maximum atomic E-state index is 12.0. The summed E-state index contributed by atoms with van der Waals surface area (Å²) in [5.74, 6) is -1.52. The van der Waals surface area contributed by atoms with Crippen LogP contribution in [0.25, 0.3) is 0 Å². The molecule has 0 spiro atoms. The zero-order chi connectivity index (χ0) is 19.3. The number of nitro groups is 1. The van der Waals surface area contributed by atoms with Gasteiger partial charge in [0.25, 0.3) is 5.69 Å². The molecule has 0 aliphatic carbocycles. The third-order valence-corrected chi connectivity index (χ3v) is 3.31. The van der Waals surface area contributed by atoms with E-state index in [1.54, 1.807) is 0 Å². The van der Waals surface area contributed by atoms with Crippen LogP contribution in [0.1, 0.15) is 26.3 Å². The molecule has 0 saturated heterocycles. The summed E-state index contributed by atoms with van der Waals surface area (Å²) in [7, 11) is 0. The van der Waals surface area contributed by atoms with E-state index in [4.69, 9.17) is 16.2 Å². The fourth-order valence-electron chi connectivity index (χ4n) is 2.07. The molecule has 0 aliphatic heterocycles. The van der Waals surface area contributed by atoms with Gasteiger partial charge in [0, 0.05) is 17.3 Å². The molecule has 2 rings (SSSR count). The highest BCUT2D eigenvalue weighted by Gasteiger charge is 2.18. The maximum Gasteiger partial charge on any atom is 0.338 e. The number of carbonyl (C=O) groups excluding carboxylic acids is 3. The third-order valence-electron chi connectivity index (χ3n) is 3.31. The van der Waals surface area contributed by atoms with Gasteiger partial charge in [-0.05, 0) is 36.4 Å². The molecule has 3 amide bonds. The Balaban J connectivity index is 2.10. The second-order valence-electron chi connectivity index (χ2n) is 5.11. The maximum absolute atomic E-state index is 12.0. The lowest BCUT2D eigenvalue weighted by molar-refractivity contribution is -0.385. The van der Waals surface area contributed by atoms with Gasteiger partial charge in [-0.25, -0.2) is 9.59 Å². The van der Waals surface area contributed by atoms with Gasteiger partial charge in [-0.3, -0.25) is 14.9 Å². The number of hydrogen-bond donors (Lipinski definition) is 3. The van der Waals surface area contributed by atoms with Crippen molar-refractivity contribution in [3.05, 3.63) is 69.3 Å². The van der Waals surface area contributed by atoms with Crippen molar-refractivity contribution in [1.82, 2.24) is 0 Å². The second-order valence-corrected chi connectivity index (χ2v) is 5.11. The molecule has 0 heterocycles. The standard InChI is InChI=1S/C16H14N4O6/c17-14(21)10-1-2-11(13(7-10)20(24)25)8-26-15(22)9-3-5-12(6-4-9)19-16(18)23/h1-7H,8H2,(H2,17,21)(H3,18,19,23). The van der Waals surface area contributed by atoms with E-state index in [2.05, 4.69) is 5.32 Å². The van der Waals surface area contributed by atoms with Gasteiger partial charge in [-0.2, -0.15) is 0 Å². The lowest BCUT2D eigenvalue weighted by Crippen LogP contribution is -2.19. The highest BCUT2D eigenvalue weighted by atomic mass is 16.6. The highest BCUT2D eigenvalue weighted by Crippen LogP contribution is 2.22. The van der Waals surface area contributed by atoms with Gasteiger partial charge in [-0.15, -0.1) is 0 Å². The summed E-state index contributed by atoms with van der Waals surface area (Å²) in [5.41, 5.74) is 10.3. The van der Waals surface area contributed by atoms with E-state index in [-0.39, 0.29) is 29.0 Å². The molecule has 5 N–H and O–H groups in total. The Morgan fingerprint density at radius 2 is 1.65 bits per heavy atom. The molecule has 0 unspecified atom stereocenters. The van der Waals surface area contributed by atoms with Crippen molar-refractivity contribution in [3.63, 3.8) is 0 Å². The topological polar surface area (TPSA) is 168 Å². The van der Waals surface area contributed by atoms with E-state index in [0.717, 1.165) is 6.07 Å². The number of urea groups is 1. The number of anilines is 1. The number of amides is 3. The van der Waals surface area contributed by atoms with Crippen molar-refractivity contribution in [2.24, 2.45) is 11.5 Å². The summed E-state index contributed by atoms with van der Waals surface area (Å²) in [6, 6.07) is 8.59. The zero-order valence-corrected chi connectivity index (χ0v) is 13.3. The Bertz CT molecular complexity index is 879. The van der Waals surface area contributed by atoms with Crippen molar-refractivity contribution < 1.29 is 24.0 Å². The fourth-order valence-corrected chi connectivity index (χ4v) is 2.07. The number of nitrogens with two attached hydrogens (primary N) is 2. The molecule has 0 bridgehead atoms. The van der Waals surface area contributed by atoms with Gasteiger partial charge in [0.2, 0.25) is 5.91 Å². The van der Waals surface area contributed by atoms with Crippen molar-refractivity contribution >= 4 is 29.3 Å². The number of hydrogen-bond acceptors (Lipinski definition) is 6. The number of nitrogens with one attached hydrogen (secondary N) is 1. The molecule has 10 heteroatoms. The zero-order valence-electron chi connectivity index (χ0n) is 13.3. The van der Waals surface area contributed by atoms with Gasteiger partial charge in [-0.1, -0.05) is 0 Å². The fraction of sp³-hybridized carbons (Fsp3) is 0.0625. The first kappa shape index (κ1) is 18.4. The summed E-state index contributed by atoms with van der Waals surface area (Å²) in [6.45, 7) is -0.366. The van der Waals surface area contributed by atoms with E-state index in [0.29, 0.717) is 5.69 Å². The van der Waals surface area contributed by atoms with Crippen LogP contribution < -0.4 is 16.8 Å². The van der Waals surface area contributed by atoms with Gasteiger partial charge in [0.1, 0.15) is 6.61 Å². The monoisotopic (exact) mass is 358 g/mol. The first-order valence-electron chi connectivity index (χ1n) is 7.18. The number of ether oxygens (including phenoxy) is 1. The average molecular weight is 358 g/mol. The molecule has 10 nitrogen and oxygen atoms in total. The number of benzene rings is 2. The number of nitrogens with zero attached hydrogens (tertiary/aromatic N) is 1. The molecule has 134 valence electrons. The molecule has 0 radical (unpaired) electrons. The quantitative estimate of drug-likeness (QED) is 0.402. The summed E-state index contributed by atoms with van der Waals surface area (Å²) in [6.07, 6.45) is 0. The number of primary amides is 2. The molecular formula is C16H14N4O6. The van der Waals surface area contributed by atoms with Crippen molar-refractivity contribution in [1.29, 1.82) is 0 Å². The van der Waals surface area contributed by atoms with Crippen LogP contribution in [-0.2, 0) is 11.3 Å². The highest BCUT2D eigenvalue weighted by molar-refractivity contribution is 5.94. The van der Waals surface area contributed by atoms with Crippen LogP contribution in [0, 0.1) is 10.1 Å². The molecule has 2 aromatic rings. The number of carbonyl (C=O) groups is 3. The predicted octanol–water partition coefficient (Wildman–Crippen LogP) is 1.54. The minimum Gasteiger partial charge on any atom is -0.457 e. The lowest BCUT2D eigenvalue weighted by atomic mass is 10.1. The van der Waals surface area contributed by atoms with Crippen molar-refractivity contribution in [2.75, 3.05) is 5.32 Å². The largest absolute Gasteiger partial charge is 0.457 e. The number of nitro benzene ring substituents is 1. The lowest BCUT2D eigenvalue weighted by Gasteiger charge is -2.07. The minimum atomic E-state index is -0.804. The van der Waals surface area contributed by atoms with E-state index in [9.17, 15) is 24.5 Å². The van der Waals surface area contributed by atoms with E-state index in [1.165, 1.54) is 36.4 Å². The molecular weight excluding hydrogens is 344 g/mol. The first-order valence-corrected chi connectivity index (χ1v) is 7.18. The Kier molecular flexibility index (Phi) is 5.48. The third kappa shape index (κ3) is 4.54. The smallest absolute Gasteiger partial charge is 0.338 e. The first-order chi connectivity index (χ1) is 12.3. The van der Waals surface area contributed by atoms with Crippen molar-refractivity contribution in [2.45, 2.75) is 6.61 Å². The van der Waals surface area contributed by atoms with Gasteiger partial charge < -0.3 is 21.5 Å². The number of rotatable bonds is 6.